The summed E-state index contributed by atoms with van der Waals surface area (Å²) in [6.45, 7) is -29.1. The summed E-state index contributed by atoms with van der Waals surface area (Å²) in [5.74, 6) is -0.813. The molecule has 6 fully saturated rings. The summed E-state index contributed by atoms with van der Waals surface area (Å²) in [6, 6.07) is 0. The molecular formula is C62H73N27O29P6S6-6. The highest BCUT2D eigenvalue weighted by Crippen LogP contribution is 2.56. The first-order valence-electron chi connectivity index (χ1n) is 38.7. The minimum atomic E-state index is -4.97. The quantitative estimate of drug-likeness (QED) is 0.0148. The molecule has 11 aromatic rings. The highest BCUT2D eigenvalue weighted by molar-refractivity contribution is 8.32. The molecule has 6 saturated heterocycles. The monoisotopic (exact) mass is 2040 g/mol. The van der Waals surface area contributed by atoms with E-state index in [4.69, 9.17) is 183 Å². The molecule has 11 aromatic heterocycles. The van der Waals surface area contributed by atoms with Crippen molar-refractivity contribution in [2.75, 3.05) is 68.8 Å². The Labute approximate surface area is 757 Å². The lowest BCUT2D eigenvalue weighted by molar-refractivity contribution is -0.221. The predicted octanol–water partition coefficient (Wildman–Crippen LogP) is -2.41. The molecule has 24 atom stereocenters. The molecule has 56 nitrogen and oxygen atoms in total. The fourth-order valence-electron chi connectivity index (χ4n) is 15.4. The van der Waals surface area contributed by atoms with Gasteiger partial charge in [0, 0.05) is 57.4 Å². The van der Waals surface area contributed by atoms with Crippen molar-refractivity contribution in [2.45, 2.75) is 169 Å². The highest BCUT2D eigenvalue weighted by Gasteiger charge is 2.48. The van der Waals surface area contributed by atoms with Crippen molar-refractivity contribution < 1.29 is 112 Å². The Morgan fingerprint density at radius 1 is 0.400 bits per heavy atom. The van der Waals surface area contributed by atoms with E-state index in [9.17, 15) is 48.1 Å². The molecule has 6 aliphatic heterocycles. The molecular weight excluding hydrogens is 1970 g/mol. The van der Waals surface area contributed by atoms with Crippen molar-refractivity contribution >= 4 is 197 Å². The molecule has 702 valence electrons. The normalized spacial score (nSPS) is 28.9. The van der Waals surface area contributed by atoms with Gasteiger partial charge < -0.3 is 148 Å². The van der Waals surface area contributed by atoms with Gasteiger partial charge in [0.15, 0.2) is 63.2 Å². The Hall–Kier alpha value is -7.26. The molecule has 68 heteroatoms. The number of hydrogen-bond acceptors (Lipinski definition) is 52. The molecule has 0 aromatic carbocycles. The van der Waals surface area contributed by atoms with Gasteiger partial charge in [-0.15, -0.1) is 0 Å². The topological polar surface area (TPSA) is 761 Å². The Bertz CT molecular complexity index is 6810. The molecule has 0 aliphatic carbocycles. The van der Waals surface area contributed by atoms with Crippen LogP contribution in [0.25, 0.3) is 55.8 Å². The maximum Gasteiger partial charge on any atom is 0.330 e. The van der Waals surface area contributed by atoms with E-state index in [0.717, 1.165) is 18.0 Å². The second-order valence-corrected chi connectivity index (χ2v) is 46.1. The van der Waals surface area contributed by atoms with E-state index in [1.807, 2.05) is 6.92 Å². The minimum absolute atomic E-state index is 0.0252. The number of aromatic nitrogens is 22. The molecule has 0 bridgehead atoms. The number of nitrogens with two attached hydrogens (primary N) is 5. The standard InChI is InChI=1S/C62H79N27O29P6S6/c1-4-25-26(5-38(107-25)85-19-72-43-48(63)68-17-70-50(43)85)114-120(96,126)102-14-34-29(8-40(110-34)87-21-74-45-52(87)77-59(65)80-56(45)91)117-124(100,130)106-16-36-31(10-42(112-36)89-23-76-47-54(89)79-61(67)82-58(47)93)118-123(99,129)104-13-33-28(7-39(109-33)86-20-73-44-49(64)69-18-71-51(44)86)115-122(98,128)105-15-35-30(9-41(111-35)88-22-75-46-53(88)78-60(66)81-57(46)92)116-121(97,127)103-12-32-27(113-119(95,125)101-3)6-37(108-32)84-11-24(2)55(90)83-62(84)94/h11,17-23,25-42H,4-10,12-16H2,1-3H3,(H,95,125)(H,96,126)(H,97,127)(H,98,128)(H,99,129)(H,100,130)(H2,63,68,70)(H2,64,69,71)(H,83,90,94)(H3,65,77,80,91)(H3,66,78,81,92)(H3,67,79,82,93)/p-6/t25-,26?,27?,28?,29?,30?,31?,32-,33-,34-,35-,36-,37-,38-,39-,40-,41-,42-,119?,120?,121?,122?,123?,124?/m1/s1. The third-order valence-electron chi connectivity index (χ3n) is 21.4. The van der Waals surface area contributed by atoms with Crippen molar-refractivity contribution in [1.82, 2.24) is 107 Å². The zero-order chi connectivity index (χ0) is 92.2. The number of H-pyrrole nitrogens is 4. The van der Waals surface area contributed by atoms with Gasteiger partial charge in [0.05, 0.1) is 107 Å². The second-order valence-electron chi connectivity index (χ2n) is 29.8. The van der Waals surface area contributed by atoms with Crippen LogP contribution in [0.15, 0.2) is 74.5 Å². The van der Waals surface area contributed by atoms with Crippen molar-refractivity contribution in [3.8, 4) is 0 Å². The first-order chi connectivity index (χ1) is 61.6. The average Bonchev–Trinajstić information content (AvgIpc) is 1.63. The van der Waals surface area contributed by atoms with E-state index < -0.39 is 212 Å². The van der Waals surface area contributed by atoms with E-state index in [-0.39, 0.29) is 118 Å². The number of nitrogens with one attached hydrogen (secondary N) is 4. The smallest absolute Gasteiger partial charge is 0.330 e. The number of fused-ring (bicyclic) bond motifs is 5. The number of rotatable bonds is 35. The molecule has 6 aliphatic rings. The number of aryl methyl sites for hydroxylation is 1. The lowest BCUT2D eigenvalue weighted by Crippen LogP contribution is -2.34. The summed E-state index contributed by atoms with van der Waals surface area (Å²) in [5, 5.41) is 0. The molecule has 0 radical (unpaired) electrons. The fourth-order valence-corrected chi connectivity index (χ4v) is 23.7. The molecule has 130 heavy (non-hydrogen) atoms. The summed E-state index contributed by atoms with van der Waals surface area (Å²) in [6.07, 6.45) is -13.9. The first kappa shape index (κ1) is 94.5. The minimum Gasteiger partial charge on any atom is -0.780 e. The summed E-state index contributed by atoms with van der Waals surface area (Å²) in [4.78, 5) is 196. The van der Waals surface area contributed by atoms with Gasteiger partial charge in [-0.1, -0.05) is 66.0 Å². The van der Waals surface area contributed by atoms with Crippen LogP contribution >= 0.6 is 40.4 Å². The molecule has 17 rings (SSSR count). The second kappa shape index (κ2) is 37.4. The Morgan fingerprint density at radius 2 is 0.685 bits per heavy atom. The van der Waals surface area contributed by atoms with Crippen LogP contribution in [0, 0.1) is 6.92 Å². The van der Waals surface area contributed by atoms with Crippen LogP contribution in [0.2, 0.25) is 0 Å². The van der Waals surface area contributed by atoms with Crippen LogP contribution in [0.4, 0.5) is 29.5 Å². The SMILES string of the molecule is CC[C@H]1O[C@@H](n2cnc3c(N)ncnc32)CC1OP([O-])(=S)OC[C@H]1O[C@@H](n2cnc3c(=O)[nH]c(N)nc32)CC1OP(=O)([S-])OC[C@H]1O[C@@H](n2cnc3c(=O)[nH]c(N)nc32)CC1OP([O-])(=S)OC[C@H]1O[C@@H](n2cnc3c(N)ncnc32)CC1OP([O-])(=S)OC[C@H]1O[C@@H](n2cnc3c(=O)[nH]c(N)nc32)CC1OP([O-])(=S)OC[C@H]1O[C@@H](n2cc(C)c(=O)[nH]c2=O)CC1OP([O-])(=S)OC. The lowest BCUT2D eigenvalue weighted by Gasteiger charge is -2.36. The van der Waals surface area contributed by atoms with E-state index in [1.165, 1.54) is 69.4 Å². The molecule has 17 heterocycles. The van der Waals surface area contributed by atoms with Gasteiger partial charge in [-0.3, -0.25) is 71.1 Å². The van der Waals surface area contributed by atoms with Gasteiger partial charge in [0.25, 0.3) is 22.2 Å². The van der Waals surface area contributed by atoms with E-state index in [2.05, 4.69) is 79.7 Å². The van der Waals surface area contributed by atoms with Gasteiger partial charge in [-0.05, 0) is 13.3 Å². The van der Waals surface area contributed by atoms with Gasteiger partial charge in [0.1, 0.15) is 125 Å². The largest absolute Gasteiger partial charge is 0.780 e. The van der Waals surface area contributed by atoms with Crippen LogP contribution in [0.3, 0.4) is 0 Å². The number of aromatic amines is 4. The predicted molar refractivity (Wildman–Crippen MR) is 457 cm³/mol. The number of anilines is 5. The molecule has 14 N–H and O–H groups in total. The van der Waals surface area contributed by atoms with Crippen molar-refractivity contribution in [2.24, 2.45) is 0 Å². The van der Waals surface area contributed by atoms with E-state index >= 15 is 4.89 Å². The van der Waals surface area contributed by atoms with E-state index in [1.54, 1.807) is 4.57 Å². The summed E-state index contributed by atoms with van der Waals surface area (Å²) >= 11 is 32.7. The van der Waals surface area contributed by atoms with Gasteiger partial charge >= 0.3 is 5.69 Å². The van der Waals surface area contributed by atoms with Crippen LogP contribution in [0.5, 0.6) is 0 Å². The molecule has 0 saturated carbocycles. The number of nitrogens with zero attached hydrogens (tertiary/aromatic N) is 18. The van der Waals surface area contributed by atoms with Crippen molar-refractivity contribution in [1.29, 1.82) is 0 Å². The maximum absolute atomic E-state index is 15.0. The van der Waals surface area contributed by atoms with Gasteiger partial charge in [-0.25, -0.2) is 49.7 Å². The Balaban J connectivity index is 0.598. The summed E-state index contributed by atoms with van der Waals surface area (Å²) in [7, 11) is 1.03. The maximum atomic E-state index is 15.0. The number of ether oxygens (including phenoxy) is 6. The van der Waals surface area contributed by atoms with Gasteiger partial charge in [-0.2, -0.15) is 15.0 Å². The zero-order valence-corrected chi connectivity index (χ0v) is 77.2. The van der Waals surface area contributed by atoms with E-state index in [0.29, 0.717) is 17.6 Å². The molecule has 0 amide bonds. The summed E-state index contributed by atoms with van der Waals surface area (Å²) < 4.78 is 131. The van der Waals surface area contributed by atoms with Crippen LogP contribution in [-0.2, 0) is 159 Å². The van der Waals surface area contributed by atoms with Crippen molar-refractivity contribution in [3.63, 3.8) is 0 Å². The Morgan fingerprint density at radius 3 is 1.02 bits per heavy atom. The number of nitrogen functional groups attached to an aromatic ring is 5. The highest BCUT2D eigenvalue weighted by atomic mass is 32.7. The third-order valence-corrected chi connectivity index (χ3v) is 30.9. The fraction of sp³-hybridized carbons (Fsp3) is 0.532. The molecule has 12 unspecified atom stereocenters. The number of imidazole rings is 5. The first-order valence-corrected chi connectivity index (χ1v) is 54.0. The zero-order valence-electron chi connectivity index (χ0n) is 66.9. The summed E-state index contributed by atoms with van der Waals surface area (Å²) in [5.41, 5.74) is 26.7. The van der Waals surface area contributed by atoms with Gasteiger partial charge in [0.2, 0.25) is 17.8 Å². The average molecular weight is 2040 g/mol. The number of hydrogen-bond donors (Lipinski definition) is 9. The third kappa shape index (κ3) is 20.5. The van der Waals surface area contributed by atoms with Crippen LogP contribution in [0.1, 0.15) is 94.8 Å². The van der Waals surface area contributed by atoms with Crippen LogP contribution < -0.4 is 81.1 Å². The van der Waals surface area contributed by atoms with Crippen LogP contribution in [-0.4, -0.2) is 221 Å². The molecule has 0 spiro atoms. The Kier molecular flexibility index (Phi) is 27.2. The van der Waals surface area contributed by atoms with Crippen molar-refractivity contribution in [3.05, 3.63) is 108 Å². The lowest BCUT2D eigenvalue weighted by atomic mass is 10.1.